The predicted molar refractivity (Wildman–Crippen MR) is 103 cm³/mol. The third-order valence-corrected chi connectivity index (χ3v) is 4.57. The lowest BCUT2D eigenvalue weighted by Gasteiger charge is -2.21. The first-order chi connectivity index (χ1) is 11.9. The largest absolute Gasteiger partial charge is 0.496 e. The van der Waals surface area contributed by atoms with Gasteiger partial charge in [-0.3, -0.25) is 4.79 Å². The molecule has 0 bridgehead atoms. The van der Waals surface area contributed by atoms with E-state index < -0.39 is 0 Å². The fourth-order valence-corrected chi connectivity index (χ4v) is 3.10. The minimum absolute atomic E-state index is 0.0216. The number of ether oxygens (including phenoxy) is 1. The van der Waals surface area contributed by atoms with E-state index in [1.165, 1.54) is 11.1 Å². The molecule has 2 aromatic rings. The first kappa shape index (κ1) is 19.0. The van der Waals surface area contributed by atoms with Crippen LogP contribution in [0.5, 0.6) is 5.75 Å². The summed E-state index contributed by atoms with van der Waals surface area (Å²) in [4.78, 5) is 12.3. The van der Waals surface area contributed by atoms with E-state index in [0.717, 1.165) is 23.3 Å². The van der Waals surface area contributed by atoms with Gasteiger partial charge in [-0.15, -0.1) is 0 Å². The Kier molecular flexibility index (Phi) is 6.63. The highest BCUT2D eigenvalue weighted by molar-refractivity contribution is 5.76. The van der Waals surface area contributed by atoms with Gasteiger partial charge in [0.2, 0.25) is 5.91 Å². The van der Waals surface area contributed by atoms with Crippen LogP contribution in [-0.4, -0.2) is 13.0 Å². The standard InChI is InChI=1S/C22H29NO2/c1-15(2)19-14-20(16(3)13-21(19)25-5)17(4)23-22(24)12-11-18-9-7-6-8-10-18/h6-10,13-15,17H,11-12H2,1-5H3,(H,23,24)/t17-/m1/s1. The van der Waals surface area contributed by atoms with E-state index in [-0.39, 0.29) is 11.9 Å². The van der Waals surface area contributed by atoms with Crippen molar-refractivity contribution < 1.29 is 9.53 Å². The number of hydrogen-bond acceptors (Lipinski definition) is 2. The molecule has 0 spiro atoms. The molecule has 3 nitrogen and oxygen atoms in total. The van der Waals surface area contributed by atoms with Crippen molar-refractivity contribution in [1.29, 1.82) is 0 Å². The Morgan fingerprint density at radius 1 is 1.08 bits per heavy atom. The lowest BCUT2D eigenvalue weighted by atomic mass is 9.93. The third kappa shape index (κ3) is 5.09. The molecule has 0 radical (unpaired) electrons. The van der Waals surface area contributed by atoms with Crippen LogP contribution in [0.4, 0.5) is 0 Å². The number of methoxy groups -OCH3 is 1. The van der Waals surface area contributed by atoms with E-state index in [1.807, 2.05) is 25.1 Å². The fraction of sp³-hybridized carbons (Fsp3) is 0.409. The van der Waals surface area contributed by atoms with E-state index >= 15 is 0 Å². The Hall–Kier alpha value is -2.29. The molecule has 2 rings (SSSR count). The van der Waals surface area contributed by atoms with Crippen LogP contribution in [0.1, 0.15) is 61.4 Å². The van der Waals surface area contributed by atoms with Crippen molar-refractivity contribution in [2.24, 2.45) is 0 Å². The van der Waals surface area contributed by atoms with Gasteiger partial charge < -0.3 is 10.1 Å². The lowest BCUT2D eigenvalue weighted by Crippen LogP contribution is -2.27. The van der Waals surface area contributed by atoms with Crippen LogP contribution in [0.3, 0.4) is 0 Å². The quantitative estimate of drug-likeness (QED) is 0.776. The number of nitrogens with one attached hydrogen (secondary N) is 1. The van der Waals surface area contributed by atoms with Crippen LogP contribution in [0, 0.1) is 6.92 Å². The van der Waals surface area contributed by atoms with Gasteiger partial charge in [0.25, 0.3) is 0 Å². The minimum Gasteiger partial charge on any atom is -0.496 e. The molecule has 0 fully saturated rings. The summed E-state index contributed by atoms with van der Waals surface area (Å²) in [5, 5.41) is 3.13. The lowest BCUT2D eigenvalue weighted by molar-refractivity contribution is -0.121. The Morgan fingerprint density at radius 3 is 2.36 bits per heavy atom. The second kappa shape index (κ2) is 8.70. The molecule has 1 amide bonds. The third-order valence-electron chi connectivity index (χ3n) is 4.57. The van der Waals surface area contributed by atoms with Gasteiger partial charge in [0, 0.05) is 6.42 Å². The van der Waals surface area contributed by atoms with Gasteiger partial charge in [-0.05, 0) is 60.6 Å². The molecular formula is C22H29NO2. The predicted octanol–water partition coefficient (Wildman–Crippen LogP) is 4.94. The SMILES string of the molecule is COc1cc(C)c([C@@H](C)NC(=O)CCc2ccccc2)cc1C(C)C. The summed E-state index contributed by atoms with van der Waals surface area (Å²) in [6.07, 6.45) is 1.26. The van der Waals surface area contributed by atoms with Crippen LogP contribution >= 0.6 is 0 Å². The maximum absolute atomic E-state index is 12.3. The molecule has 3 heteroatoms. The van der Waals surface area contributed by atoms with Gasteiger partial charge in [0.05, 0.1) is 13.2 Å². The van der Waals surface area contributed by atoms with Crippen molar-refractivity contribution >= 4 is 5.91 Å². The van der Waals surface area contributed by atoms with Crippen LogP contribution < -0.4 is 10.1 Å². The van der Waals surface area contributed by atoms with Crippen molar-refractivity contribution in [1.82, 2.24) is 5.32 Å². The van der Waals surface area contributed by atoms with Crippen LogP contribution in [0.2, 0.25) is 0 Å². The Bertz CT molecular complexity index is 707. The number of hydrogen-bond donors (Lipinski definition) is 1. The normalized spacial score (nSPS) is 12.1. The maximum Gasteiger partial charge on any atom is 0.220 e. The van der Waals surface area contributed by atoms with E-state index in [2.05, 4.69) is 50.4 Å². The highest BCUT2D eigenvalue weighted by Gasteiger charge is 2.16. The van der Waals surface area contributed by atoms with E-state index in [1.54, 1.807) is 7.11 Å². The van der Waals surface area contributed by atoms with Gasteiger partial charge in [0.15, 0.2) is 0 Å². The molecule has 0 aromatic heterocycles. The second-order valence-electron chi connectivity index (χ2n) is 6.88. The number of carbonyl (C=O) groups is 1. The zero-order chi connectivity index (χ0) is 18.4. The summed E-state index contributed by atoms with van der Waals surface area (Å²) in [5.74, 6) is 1.37. The maximum atomic E-state index is 12.3. The number of amides is 1. The number of rotatable bonds is 7. The zero-order valence-electron chi connectivity index (χ0n) is 15.9. The topological polar surface area (TPSA) is 38.3 Å². The van der Waals surface area contributed by atoms with Gasteiger partial charge in [0.1, 0.15) is 5.75 Å². The van der Waals surface area contributed by atoms with Gasteiger partial charge >= 0.3 is 0 Å². The monoisotopic (exact) mass is 339 g/mol. The number of aryl methyl sites for hydroxylation is 2. The fourth-order valence-electron chi connectivity index (χ4n) is 3.10. The summed E-state index contributed by atoms with van der Waals surface area (Å²) in [5.41, 5.74) is 4.65. The minimum atomic E-state index is -0.0216. The van der Waals surface area contributed by atoms with Crippen LogP contribution in [0.25, 0.3) is 0 Å². The Balaban J connectivity index is 2.05. The first-order valence-electron chi connectivity index (χ1n) is 8.94. The van der Waals surface area contributed by atoms with Crippen molar-refractivity contribution in [2.75, 3.05) is 7.11 Å². The highest BCUT2D eigenvalue weighted by atomic mass is 16.5. The number of carbonyl (C=O) groups excluding carboxylic acids is 1. The molecular weight excluding hydrogens is 310 g/mol. The number of benzene rings is 2. The van der Waals surface area contributed by atoms with Gasteiger partial charge in [-0.25, -0.2) is 0 Å². The van der Waals surface area contributed by atoms with Crippen LogP contribution in [0.15, 0.2) is 42.5 Å². The van der Waals surface area contributed by atoms with E-state index in [0.29, 0.717) is 12.3 Å². The molecule has 0 saturated carbocycles. The van der Waals surface area contributed by atoms with Crippen LogP contribution in [-0.2, 0) is 11.2 Å². The van der Waals surface area contributed by atoms with Crippen molar-refractivity contribution in [3.8, 4) is 5.75 Å². The highest BCUT2D eigenvalue weighted by Crippen LogP contribution is 2.32. The van der Waals surface area contributed by atoms with Crippen molar-refractivity contribution in [3.63, 3.8) is 0 Å². The molecule has 0 heterocycles. The van der Waals surface area contributed by atoms with E-state index in [4.69, 9.17) is 4.74 Å². The molecule has 0 saturated heterocycles. The summed E-state index contributed by atoms with van der Waals surface area (Å²) < 4.78 is 5.50. The van der Waals surface area contributed by atoms with E-state index in [9.17, 15) is 4.79 Å². The summed E-state index contributed by atoms with van der Waals surface area (Å²) in [6, 6.07) is 14.3. The molecule has 0 unspecified atom stereocenters. The molecule has 0 aliphatic rings. The van der Waals surface area contributed by atoms with Gasteiger partial charge in [-0.1, -0.05) is 44.2 Å². The zero-order valence-corrected chi connectivity index (χ0v) is 15.9. The van der Waals surface area contributed by atoms with Crippen molar-refractivity contribution in [2.45, 2.75) is 52.5 Å². The molecule has 134 valence electrons. The molecule has 25 heavy (non-hydrogen) atoms. The Labute approximate surface area is 151 Å². The molecule has 1 N–H and O–H groups in total. The molecule has 2 aromatic carbocycles. The first-order valence-corrected chi connectivity index (χ1v) is 8.94. The smallest absolute Gasteiger partial charge is 0.220 e. The second-order valence-corrected chi connectivity index (χ2v) is 6.88. The van der Waals surface area contributed by atoms with Gasteiger partial charge in [-0.2, -0.15) is 0 Å². The summed E-state index contributed by atoms with van der Waals surface area (Å²) >= 11 is 0. The average Bonchev–Trinajstić information content (AvgIpc) is 2.60. The summed E-state index contributed by atoms with van der Waals surface area (Å²) in [6.45, 7) is 8.41. The summed E-state index contributed by atoms with van der Waals surface area (Å²) in [7, 11) is 1.70. The molecule has 0 aliphatic carbocycles. The van der Waals surface area contributed by atoms with Crippen molar-refractivity contribution in [3.05, 3.63) is 64.7 Å². The molecule has 1 atom stereocenters. The Morgan fingerprint density at radius 2 is 1.76 bits per heavy atom. The average molecular weight is 339 g/mol. The molecule has 0 aliphatic heterocycles.